The van der Waals surface area contributed by atoms with Crippen molar-refractivity contribution in [2.24, 2.45) is 5.73 Å². The van der Waals surface area contributed by atoms with Crippen molar-refractivity contribution < 1.29 is 5.11 Å². The monoisotopic (exact) mass is 353 g/mol. The summed E-state index contributed by atoms with van der Waals surface area (Å²) in [5.41, 5.74) is 8.18. The Bertz CT molecular complexity index is 501. The lowest BCUT2D eigenvalue weighted by molar-refractivity contribution is 0.145. The summed E-state index contributed by atoms with van der Waals surface area (Å²) in [7, 11) is 0. The first-order chi connectivity index (χ1) is 8.66. The molecule has 0 heterocycles. The molecule has 2 aromatic carbocycles. The van der Waals surface area contributed by atoms with E-state index in [0.29, 0.717) is 6.42 Å². The highest BCUT2D eigenvalue weighted by molar-refractivity contribution is 14.1. The van der Waals surface area contributed by atoms with Crippen LogP contribution in [0.1, 0.15) is 17.2 Å². The number of nitrogens with two attached hydrogens (primary N) is 1. The molecule has 0 spiro atoms. The third kappa shape index (κ3) is 3.54. The number of aliphatic hydroxyl groups excluding tert-OH is 1. The lowest BCUT2D eigenvalue weighted by Crippen LogP contribution is -2.28. The second kappa shape index (κ2) is 6.31. The van der Waals surface area contributed by atoms with Crippen molar-refractivity contribution in [2.45, 2.75) is 18.6 Å². The molecule has 2 atom stereocenters. The molecule has 2 aromatic rings. The van der Waals surface area contributed by atoms with Crippen LogP contribution in [0, 0.1) is 3.57 Å². The van der Waals surface area contributed by atoms with Gasteiger partial charge >= 0.3 is 0 Å². The van der Waals surface area contributed by atoms with Gasteiger partial charge in [0.2, 0.25) is 0 Å². The molecule has 0 aliphatic heterocycles. The van der Waals surface area contributed by atoms with Crippen LogP contribution >= 0.6 is 22.6 Å². The van der Waals surface area contributed by atoms with Gasteiger partial charge in [0.1, 0.15) is 0 Å². The summed E-state index contributed by atoms with van der Waals surface area (Å²) in [5, 5.41) is 10.2. The Morgan fingerprint density at radius 2 is 1.78 bits per heavy atom. The van der Waals surface area contributed by atoms with E-state index in [-0.39, 0.29) is 6.04 Å². The van der Waals surface area contributed by atoms with Gasteiger partial charge in [-0.15, -0.1) is 0 Å². The molecule has 18 heavy (non-hydrogen) atoms. The first-order valence-electron chi connectivity index (χ1n) is 5.90. The average molecular weight is 353 g/mol. The van der Waals surface area contributed by atoms with Crippen molar-refractivity contribution in [1.82, 2.24) is 0 Å². The number of hydrogen-bond donors (Lipinski definition) is 2. The quantitative estimate of drug-likeness (QED) is 0.831. The molecule has 0 saturated heterocycles. The smallest absolute Gasteiger partial charge is 0.0773 e. The molecule has 94 valence electrons. The minimum Gasteiger partial charge on any atom is -0.391 e. The molecule has 0 bridgehead atoms. The van der Waals surface area contributed by atoms with Gasteiger partial charge in [-0.25, -0.2) is 0 Å². The van der Waals surface area contributed by atoms with Crippen molar-refractivity contribution >= 4 is 22.6 Å². The van der Waals surface area contributed by atoms with Crippen LogP contribution in [0.25, 0.3) is 0 Å². The van der Waals surface area contributed by atoms with Crippen LogP contribution in [0.2, 0.25) is 0 Å². The Labute approximate surface area is 121 Å². The lowest BCUT2D eigenvalue weighted by atomic mass is 9.97. The summed E-state index contributed by atoms with van der Waals surface area (Å²) in [4.78, 5) is 0. The van der Waals surface area contributed by atoms with E-state index in [4.69, 9.17) is 5.73 Å². The summed E-state index contributed by atoms with van der Waals surface area (Å²) >= 11 is 2.25. The molecular weight excluding hydrogens is 337 g/mol. The highest BCUT2D eigenvalue weighted by atomic mass is 127. The van der Waals surface area contributed by atoms with Crippen LogP contribution in [0.15, 0.2) is 54.6 Å². The third-order valence-electron chi connectivity index (χ3n) is 2.94. The predicted octanol–water partition coefficient (Wildman–Crippen LogP) is 2.89. The molecule has 0 aromatic heterocycles. The topological polar surface area (TPSA) is 46.2 Å². The van der Waals surface area contributed by atoms with Crippen LogP contribution in [0.3, 0.4) is 0 Å². The molecule has 0 aliphatic carbocycles. The zero-order valence-electron chi connectivity index (χ0n) is 9.96. The minimum atomic E-state index is -0.564. The maximum absolute atomic E-state index is 10.2. The number of benzene rings is 2. The van der Waals surface area contributed by atoms with Crippen LogP contribution in [0.5, 0.6) is 0 Å². The van der Waals surface area contributed by atoms with E-state index in [9.17, 15) is 5.11 Å². The fourth-order valence-electron chi connectivity index (χ4n) is 1.92. The second-order valence-electron chi connectivity index (χ2n) is 4.34. The first kappa shape index (κ1) is 13.5. The molecule has 3 heteroatoms. The summed E-state index contributed by atoms with van der Waals surface area (Å²) in [6, 6.07) is 17.5. The predicted molar refractivity (Wildman–Crippen MR) is 82.2 cm³/mol. The molecular formula is C15H16INO. The van der Waals surface area contributed by atoms with Gasteiger partial charge in [-0.3, -0.25) is 0 Å². The van der Waals surface area contributed by atoms with E-state index in [2.05, 4.69) is 22.6 Å². The SMILES string of the molecule is N[C@H](c1cccc(I)c1)[C@@H](O)Cc1ccccc1. The molecule has 2 rings (SSSR count). The van der Waals surface area contributed by atoms with E-state index in [1.807, 2.05) is 54.6 Å². The van der Waals surface area contributed by atoms with E-state index >= 15 is 0 Å². The van der Waals surface area contributed by atoms with Crippen LogP contribution in [-0.2, 0) is 6.42 Å². The molecule has 2 nitrogen and oxygen atoms in total. The largest absolute Gasteiger partial charge is 0.391 e. The Morgan fingerprint density at radius 3 is 2.44 bits per heavy atom. The van der Waals surface area contributed by atoms with Gasteiger partial charge < -0.3 is 10.8 Å². The zero-order chi connectivity index (χ0) is 13.0. The molecule has 0 saturated carbocycles. The fraction of sp³-hybridized carbons (Fsp3) is 0.200. The van der Waals surface area contributed by atoms with Crippen molar-refractivity contribution in [3.8, 4) is 0 Å². The summed E-state index contributed by atoms with van der Waals surface area (Å²) in [5.74, 6) is 0. The maximum atomic E-state index is 10.2. The molecule has 0 aliphatic rings. The van der Waals surface area contributed by atoms with Crippen LogP contribution < -0.4 is 5.73 Å². The summed E-state index contributed by atoms with van der Waals surface area (Å²) in [6.07, 6.45) is 0.0126. The Kier molecular flexibility index (Phi) is 4.74. The van der Waals surface area contributed by atoms with Gasteiger partial charge in [0, 0.05) is 9.99 Å². The Morgan fingerprint density at radius 1 is 1.06 bits per heavy atom. The third-order valence-corrected chi connectivity index (χ3v) is 3.61. The first-order valence-corrected chi connectivity index (χ1v) is 6.98. The van der Waals surface area contributed by atoms with Crippen molar-refractivity contribution in [2.75, 3.05) is 0 Å². The molecule has 0 fully saturated rings. The molecule has 0 unspecified atom stereocenters. The van der Waals surface area contributed by atoms with E-state index in [0.717, 1.165) is 14.7 Å². The van der Waals surface area contributed by atoms with Gasteiger partial charge in [0.15, 0.2) is 0 Å². The number of aliphatic hydroxyl groups is 1. The molecule has 0 radical (unpaired) electrons. The molecule has 3 N–H and O–H groups in total. The van der Waals surface area contributed by atoms with Crippen LogP contribution in [-0.4, -0.2) is 11.2 Å². The van der Waals surface area contributed by atoms with Gasteiger partial charge in [-0.1, -0.05) is 42.5 Å². The highest BCUT2D eigenvalue weighted by Crippen LogP contribution is 2.19. The van der Waals surface area contributed by atoms with E-state index in [1.54, 1.807) is 0 Å². The fourth-order valence-corrected chi connectivity index (χ4v) is 2.49. The van der Waals surface area contributed by atoms with Gasteiger partial charge in [0.25, 0.3) is 0 Å². The Hall–Kier alpha value is -0.910. The zero-order valence-corrected chi connectivity index (χ0v) is 12.1. The van der Waals surface area contributed by atoms with Gasteiger partial charge in [-0.05, 0) is 45.9 Å². The minimum absolute atomic E-state index is 0.347. The maximum Gasteiger partial charge on any atom is 0.0773 e. The summed E-state index contributed by atoms with van der Waals surface area (Å²) in [6.45, 7) is 0. The summed E-state index contributed by atoms with van der Waals surface area (Å²) < 4.78 is 1.13. The second-order valence-corrected chi connectivity index (χ2v) is 5.58. The number of halogens is 1. The standard InChI is InChI=1S/C15H16INO/c16-13-8-4-7-12(10-13)15(17)14(18)9-11-5-2-1-3-6-11/h1-8,10,14-15,18H,9,17H2/t14-,15+/m0/s1. The van der Waals surface area contributed by atoms with Gasteiger partial charge in [0.05, 0.1) is 12.1 Å². The van der Waals surface area contributed by atoms with Gasteiger partial charge in [-0.2, -0.15) is 0 Å². The molecule has 0 amide bonds. The number of hydrogen-bond acceptors (Lipinski definition) is 2. The van der Waals surface area contributed by atoms with E-state index < -0.39 is 6.10 Å². The van der Waals surface area contributed by atoms with Crippen LogP contribution in [0.4, 0.5) is 0 Å². The normalized spacial score (nSPS) is 14.2. The van der Waals surface area contributed by atoms with Crippen molar-refractivity contribution in [3.05, 3.63) is 69.3 Å². The van der Waals surface area contributed by atoms with Crippen molar-refractivity contribution in [3.63, 3.8) is 0 Å². The lowest BCUT2D eigenvalue weighted by Gasteiger charge is -2.19. The van der Waals surface area contributed by atoms with Crippen molar-refractivity contribution in [1.29, 1.82) is 0 Å². The number of rotatable bonds is 4. The highest BCUT2D eigenvalue weighted by Gasteiger charge is 2.17. The average Bonchev–Trinajstić information content (AvgIpc) is 2.39. The Balaban J connectivity index is 2.07. The van der Waals surface area contributed by atoms with E-state index in [1.165, 1.54) is 0 Å².